The number of carbonyl (C=O) groups is 2. The third kappa shape index (κ3) is 4.96. The van der Waals surface area contributed by atoms with E-state index >= 15 is 0 Å². The smallest absolute Gasteiger partial charge is 0.321 e. The third-order valence-corrected chi connectivity index (χ3v) is 5.71. The van der Waals surface area contributed by atoms with Gasteiger partial charge in [0.05, 0.1) is 5.92 Å². The van der Waals surface area contributed by atoms with Crippen LogP contribution in [0.2, 0.25) is 0 Å². The van der Waals surface area contributed by atoms with Crippen LogP contribution in [0.15, 0.2) is 67.0 Å². The first kappa shape index (κ1) is 21.5. The maximum Gasteiger partial charge on any atom is 0.321 e. The van der Waals surface area contributed by atoms with Gasteiger partial charge >= 0.3 is 6.03 Å². The molecular formula is C24H26FN5O2. The summed E-state index contributed by atoms with van der Waals surface area (Å²) in [5.41, 5.74) is 1.46. The molecular weight excluding hydrogens is 409 g/mol. The van der Waals surface area contributed by atoms with Crippen LogP contribution in [0.5, 0.6) is 0 Å². The largest absolute Gasteiger partial charge is 0.342 e. The summed E-state index contributed by atoms with van der Waals surface area (Å²) in [5, 5.41) is 5.95. The number of benzene rings is 2. The number of urea groups is 1. The minimum Gasteiger partial charge on any atom is -0.342 e. The topological polar surface area (TPSA) is 79.3 Å². The standard InChI is InChI=1S/C24H26FN5O2/c1-29-15-13-26-22(29)21(17-9-11-19(25)12-10-17)28-23(31)18-6-5-14-30(16-18)24(32)27-20-7-3-2-4-8-20/h2-4,7-13,15,18,21H,5-6,14,16H2,1H3,(H,27,32)(H,28,31)/t18-,21-/m1/s1. The molecule has 32 heavy (non-hydrogen) atoms. The summed E-state index contributed by atoms with van der Waals surface area (Å²) in [5.74, 6) is -0.182. The summed E-state index contributed by atoms with van der Waals surface area (Å²) in [4.78, 5) is 31.9. The highest BCUT2D eigenvalue weighted by atomic mass is 19.1. The predicted molar refractivity (Wildman–Crippen MR) is 119 cm³/mol. The number of piperidine rings is 1. The van der Waals surface area contributed by atoms with Crippen LogP contribution in [0.4, 0.5) is 14.9 Å². The molecule has 1 fully saturated rings. The Balaban J connectivity index is 1.46. The number of nitrogens with one attached hydrogen (secondary N) is 2. The molecule has 2 N–H and O–H groups in total. The van der Waals surface area contributed by atoms with Gasteiger partial charge in [0.2, 0.25) is 5.91 Å². The van der Waals surface area contributed by atoms with Crippen molar-refractivity contribution < 1.29 is 14.0 Å². The van der Waals surface area contributed by atoms with Crippen molar-refractivity contribution in [3.05, 3.63) is 84.2 Å². The molecule has 0 spiro atoms. The van der Waals surface area contributed by atoms with E-state index in [2.05, 4.69) is 15.6 Å². The quantitative estimate of drug-likeness (QED) is 0.641. The maximum atomic E-state index is 13.4. The van der Waals surface area contributed by atoms with Crippen molar-refractivity contribution in [3.8, 4) is 0 Å². The van der Waals surface area contributed by atoms with Gasteiger partial charge in [0.15, 0.2) is 0 Å². The van der Waals surface area contributed by atoms with Crippen LogP contribution in [0.25, 0.3) is 0 Å². The molecule has 1 saturated heterocycles. The molecule has 0 saturated carbocycles. The Kier molecular flexibility index (Phi) is 6.49. The van der Waals surface area contributed by atoms with Gasteiger partial charge in [-0.15, -0.1) is 0 Å². The van der Waals surface area contributed by atoms with Gasteiger partial charge in [0.25, 0.3) is 0 Å². The van der Waals surface area contributed by atoms with Crippen molar-refractivity contribution in [3.63, 3.8) is 0 Å². The molecule has 1 aromatic heterocycles. The Hall–Kier alpha value is -3.68. The summed E-state index contributed by atoms with van der Waals surface area (Å²) >= 11 is 0. The number of anilines is 1. The molecule has 3 amide bonds. The van der Waals surface area contributed by atoms with Crippen molar-refractivity contribution in [2.45, 2.75) is 18.9 Å². The monoisotopic (exact) mass is 435 g/mol. The first-order valence-electron chi connectivity index (χ1n) is 10.7. The predicted octanol–water partition coefficient (Wildman–Crippen LogP) is 3.71. The van der Waals surface area contributed by atoms with Crippen LogP contribution in [0.1, 0.15) is 30.3 Å². The summed E-state index contributed by atoms with van der Waals surface area (Å²) in [6.07, 6.45) is 4.89. The highest BCUT2D eigenvalue weighted by Gasteiger charge is 2.31. The molecule has 1 aliphatic heterocycles. The Morgan fingerprint density at radius 3 is 2.56 bits per heavy atom. The molecule has 0 radical (unpaired) electrons. The zero-order valence-electron chi connectivity index (χ0n) is 17.9. The van der Waals surface area contributed by atoms with E-state index in [1.165, 1.54) is 12.1 Å². The molecule has 0 aliphatic carbocycles. The first-order chi connectivity index (χ1) is 15.5. The van der Waals surface area contributed by atoms with Crippen molar-refractivity contribution >= 4 is 17.6 Å². The van der Waals surface area contributed by atoms with Crippen LogP contribution >= 0.6 is 0 Å². The van der Waals surface area contributed by atoms with Gasteiger partial charge in [-0.3, -0.25) is 4.79 Å². The molecule has 2 heterocycles. The van der Waals surface area contributed by atoms with E-state index in [1.54, 1.807) is 29.4 Å². The number of para-hydroxylation sites is 1. The zero-order valence-corrected chi connectivity index (χ0v) is 17.9. The number of hydrogen-bond donors (Lipinski definition) is 2. The van der Waals surface area contributed by atoms with E-state index in [9.17, 15) is 14.0 Å². The van der Waals surface area contributed by atoms with Crippen LogP contribution in [0.3, 0.4) is 0 Å². The van der Waals surface area contributed by atoms with Gasteiger partial charge in [-0.25, -0.2) is 14.2 Å². The molecule has 1 aliphatic rings. The van der Waals surface area contributed by atoms with Gasteiger partial charge < -0.3 is 20.1 Å². The van der Waals surface area contributed by atoms with Gasteiger partial charge in [0, 0.05) is 38.2 Å². The van der Waals surface area contributed by atoms with Crippen LogP contribution in [-0.4, -0.2) is 39.5 Å². The average Bonchev–Trinajstić information content (AvgIpc) is 3.24. The van der Waals surface area contributed by atoms with Crippen LogP contribution in [-0.2, 0) is 11.8 Å². The van der Waals surface area contributed by atoms with E-state index in [-0.39, 0.29) is 23.7 Å². The molecule has 166 valence electrons. The van der Waals surface area contributed by atoms with Crippen molar-refractivity contribution in [2.75, 3.05) is 18.4 Å². The van der Waals surface area contributed by atoms with Gasteiger partial charge in [-0.1, -0.05) is 30.3 Å². The Bertz CT molecular complexity index is 1070. The first-order valence-corrected chi connectivity index (χ1v) is 10.7. The fraction of sp³-hybridized carbons (Fsp3) is 0.292. The minimum atomic E-state index is -0.517. The van der Waals surface area contributed by atoms with Crippen molar-refractivity contribution in [1.82, 2.24) is 19.8 Å². The second-order valence-corrected chi connectivity index (χ2v) is 7.97. The van der Waals surface area contributed by atoms with Gasteiger partial charge in [-0.2, -0.15) is 0 Å². The lowest BCUT2D eigenvalue weighted by molar-refractivity contribution is -0.126. The fourth-order valence-electron chi connectivity index (χ4n) is 3.97. The Labute approximate surface area is 186 Å². The van der Waals surface area contributed by atoms with Gasteiger partial charge in [0.1, 0.15) is 17.7 Å². The van der Waals surface area contributed by atoms with Crippen LogP contribution in [0, 0.1) is 11.7 Å². The Morgan fingerprint density at radius 1 is 1.12 bits per heavy atom. The van der Waals surface area contributed by atoms with E-state index in [1.807, 2.05) is 41.9 Å². The molecule has 8 heteroatoms. The number of carbonyl (C=O) groups excluding carboxylic acids is 2. The summed E-state index contributed by atoms with van der Waals surface area (Å²) in [6, 6.07) is 14.6. The van der Waals surface area contributed by atoms with E-state index in [4.69, 9.17) is 0 Å². The highest BCUT2D eigenvalue weighted by molar-refractivity contribution is 5.90. The normalized spacial score (nSPS) is 16.9. The average molecular weight is 436 g/mol. The SMILES string of the molecule is Cn1ccnc1[C@H](NC(=O)[C@@H]1CCCN(C(=O)Nc2ccccc2)C1)c1ccc(F)cc1. The number of imidazole rings is 1. The number of amides is 3. The number of likely N-dealkylation sites (tertiary alicyclic amines) is 1. The summed E-state index contributed by atoms with van der Waals surface area (Å²) in [6.45, 7) is 0.935. The fourth-order valence-corrected chi connectivity index (χ4v) is 3.97. The van der Waals surface area contributed by atoms with Gasteiger partial charge in [-0.05, 0) is 42.7 Å². The molecule has 0 bridgehead atoms. The number of nitrogens with zero attached hydrogens (tertiary/aromatic N) is 3. The molecule has 2 atom stereocenters. The third-order valence-electron chi connectivity index (χ3n) is 5.71. The molecule has 2 aromatic carbocycles. The number of halogens is 1. The number of aryl methyl sites for hydroxylation is 1. The molecule has 4 rings (SSSR count). The summed E-state index contributed by atoms with van der Waals surface area (Å²) in [7, 11) is 1.85. The second-order valence-electron chi connectivity index (χ2n) is 7.97. The lowest BCUT2D eigenvalue weighted by Crippen LogP contribution is -2.47. The molecule has 0 unspecified atom stereocenters. The maximum absolute atomic E-state index is 13.4. The molecule has 7 nitrogen and oxygen atoms in total. The lowest BCUT2D eigenvalue weighted by Gasteiger charge is -2.33. The zero-order chi connectivity index (χ0) is 22.5. The summed E-state index contributed by atoms with van der Waals surface area (Å²) < 4.78 is 15.3. The Morgan fingerprint density at radius 2 is 1.88 bits per heavy atom. The number of hydrogen-bond acceptors (Lipinski definition) is 3. The second kappa shape index (κ2) is 9.64. The minimum absolute atomic E-state index is 0.153. The highest BCUT2D eigenvalue weighted by Crippen LogP contribution is 2.24. The van der Waals surface area contributed by atoms with Crippen molar-refractivity contribution in [2.24, 2.45) is 13.0 Å². The van der Waals surface area contributed by atoms with Crippen molar-refractivity contribution in [1.29, 1.82) is 0 Å². The van der Waals surface area contributed by atoms with Crippen LogP contribution < -0.4 is 10.6 Å². The van der Waals surface area contributed by atoms with E-state index in [0.717, 1.165) is 17.7 Å². The van der Waals surface area contributed by atoms with E-state index in [0.29, 0.717) is 25.3 Å². The van der Waals surface area contributed by atoms with E-state index < -0.39 is 6.04 Å². The molecule has 3 aromatic rings. The number of rotatable bonds is 5. The number of aromatic nitrogens is 2. The lowest BCUT2D eigenvalue weighted by atomic mass is 9.96.